The highest BCUT2D eigenvalue weighted by molar-refractivity contribution is 6.31. The summed E-state index contributed by atoms with van der Waals surface area (Å²) in [5.74, 6) is 0.721. The van der Waals surface area contributed by atoms with E-state index in [0.717, 1.165) is 30.7 Å². The van der Waals surface area contributed by atoms with Crippen LogP contribution in [-0.4, -0.2) is 30.1 Å². The van der Waals surface area contributed by atoms with Crippen molar-refractivity contribution in [2.45, 2.75) is 32.0 Å². The van der Waals surface area contributed by atoms with E-state index in [0.29, 0.717) is 34.2 Å². The number of rotatable bonds is 5. The Bertz CT molecular complexity index is 1200. The van der Waals surface area contributed by atoms with Gasteiger partial charge in [-0.15, -0.1) is 0 Å². The predicted octanol–water partition coefficient (Wildman–Crippen LogP) is 6.33. The zero-order valence-corrected chi connectivity index (χ0v) is 18.9. The molecule has 0 aromatic heterocycles. The number of fused-ring (bicyclic) bond motifs is 1. The van der Waals surface area contributed by atoms with Gasteiger partial charge in [-0.25, -0.2) is 4.39 Å². The van der Waals surface area contributed by atoms with Crippen molar-refractivity contribution in [3.63, 3.8) is 0 Å². The summed E-state index contributed by atoms with van der Waals surface area (Å²) in [5, 5.41) is 3.94. The number of hydrogen-bond donors (Lipinski definition) is 1. The molecule has 2 aliphatic rings. The molecule has 1 saturated heterocycles. The van der Waals surface area contributed by atoms with E-state index in [1.807, 2.05) is 30.3 Å². The molecule has 33 heavy (non-hydrogen) atoms. The molecular weight excluding hydrogens is 443 g/mol. The van der Waals surface area contributed by atoms with E-state index < -0.39 is 6.17 Å². The highest BCUT2D eigenvalue weighted by atomic mass is 35.5. The Morgan fingerprint density at radius 1 is 1.15 bits per heavy atom. The molecule has 1 fully saturated rings. The molecule has 0 saturated carbocycles. The fraction of sp³-hybridized carbons (Fsp3) is 0.269. The Morgan fingerprint density at radius 3 is 2.70 bits per heavy atom. The Morgan fingerprint density at radius 2 is 1.94 bits per heavy atom. The third kappa shape index (κ3) is 4.41. The zero-order chi connectivity index (χ0) is 22.9. The fourth-order valence-corrected chi connectivity index (χ4v) is 4.62. The summed E-state index contributed by atoms with van der Waals surface area (Å²) in [6.45, 7) is 2.88. The first-order valence-corrected chi connectivity index (χ1v) is 11.4. The maximum atomic E-state index is 13.6. The Hall–Kier alpha value is -3.09. The number of carbonyl (C=O) groups excluding carboxylic acids is 1. The van der Waals surface area contributed by atoms with Gasteiger partial charge in [0.2, 0.25) is 0 Å². The molecule has 0 aliphatic carbocycles. The second-order valence-corrected chi connectivity index (χ2v) is 8.79. The lowest BCUT2D eigenvalue weighted by Crippen LogP contribution is -2.46. The molecule has 3 aromatic rings. The minimum atomic E-state index is -0.439. The first-order chi connectivity index (χ1) is 16.0. The van der Waals surface area contributed by atoms with Gasteiger partial charge in [0.05, 0.1) is 16.7 Å². The van der Waals surface area contributed by atoms with E-state index in [1.54, 1.807) is 36.1 Å². The molecule has 2 atom stereocenters. The summed E-state index contributed by atoms with van der Waals surface area (Å²) in [6, 6.07) is 17.4. The largest absolute Gasteiger partial charge is 0.457 e. The maximum absolute atomic E-state index is 13.6. The van der Waals surface area contributed by atoms with Crippen LogP contribution in [0.1, 0.15) is 40.5 Å². The van der Waals surface area contributed by atoms with Gasteiger partial charge in [-0.05, 0) is 73.9 Å². The SMILES string of the molecule is Cc1cc(Oc2ccc(C3Nc4ccccc4C(=O)N3CC3CCCO3)c(Cl)c2)ccc1F. The van der Waals surface area contributed by atoms with Crippen LogP contribution >= 0.6 is 11.6 Å². The molecule has 1 amide bonds. The number of para-hydroxylation sites is 1. The van der Waals surface area contributed by atoms with Crippen LogP contribution in [0.3, 0.4) is 0 Å². The van der Waals surface area contributed by atoms with Crippen LogP contribution < -0.4 is 10.1 Å². The molecule has 2 aliphatic heterocycles. The summed E-state index contributed by atoms with van der Waals surface area (Å²) in [7, 11) is 0. The van der Waals surface area contributed by atoms with E-state index in [9.17, 15) is 9.18 Å². The fourth-order valence-electron chi connectivity index (χ4n) is 4.34. The van der Waals surface area contributed by atoms with Crippen molar-refractivity contribution in [1.82, 2.24) is 4.90 Å². The van der Waals surface area contributed by atoms with Gasteiger partial charge in [0.15, 0.2) is 0 Å². The van der Waals surface area contributed by atoms with Crippen LogP contribution in [0.15, 0.2) is 60.7 Å². The molecule has 0 spiro atoms. The van der Waals surface area contributed by atoms with Gasteiger partial charge >= 0.3 is 0 Å². The lowest BCUT2D eigenvalue weighted by atomic mass is 10.0. The van der Waals surface area contributed by atoms with Crippen molar-refractivity contribution in [2.75, 3.05) is 18.5 Å². The third-order valence-corrected chi connectivity index (χ3v) is 6.41. The average Bonchev–Trinajstić information content (AvgIpc) is 3.32. The van der Waals surface area contributed by atoms with Gasteiger partial charge in [0.25, 0.3) is 5.91 Å². The lowest BCUT2D eigenvalue weighted by molar-refractivity contribution is 0.0427. The lowest BCUT2D eigenvalue weighted by Gasteiger charge is -2.39. The number of ether oxygens (including phenoxy) is 2. The van der Waals surface area contributed by atoms with Gasteiger partial charge in [0, 0.05) is 24.4 Å². The first-order valence-electron chi connectivity index (χ1n) is 11.0. The Labute approximate surface area is 197 Å². The normalized spacial score (nSPS) is 19.8. The monoisotopic (exact) mass is 466 g/mol. The van der Waals surface area contributed by atoms with Gasteiger partial charge in [-0.3, -0.25) is 4.79 Å². The van der Waals surface area contributed by atoms with E-state index in [2.05, 4.69) is 5.32 Å². The molecule has 5 rings (SSSR count). The van der Waals surface area contributed by atoms with E-state index >= 15 is 0 Å². The van der Waals surface area contributed by atoms with E-state index in [1.165, 1.54) is 6.07 Å². The number of amides is 1. The summed E-state index contributed by atoms with van der Waals surface area (Å²) in [5.41, 5.74) is 2.67. The number of hydrogen-bond acceptors (Lipinski definition) is 4. The zero-order valence-electron chi connectivity index (χ0n) is 18.2. The predicted molar refractivity (Wildman–Crippen MR) is 125 cm³/mol. The molecule has 170 valence electrons. The van der Waals surface area contributed by atoms with Crippen LogP contribution in [0.4, 0.5) is 10.1 Å². The highest BCUT2D eigenvalue weighted by Crippen LogP contribution is 2.38. The number of nitrogens with one attached hydrogen (secondary N) is 1. The molecule has 1 N–H and O–H groups in total. The van der Waals surface area contributed by atoms with Crippen molar-refractivity contribution in [3.8, 4) is 11.5 Å². The van der Waals surface area contributed by atoms with Gasteiger partial charge in [-0.1, -0.05) is 23.7 Å². The second-order valence-electron chi connectivity index (χ2n) is 8.38. The van der Waals surface area contributed by atoms with Crippen molar-refractivity contribution in [1.29, 1.82) is 0 Å². The Balaban J connectivity index is 1.45. The molecule has 2 heterocycles. The van der Waals surface area contributed by atoms with Gasteiger partial charge in [0.1, 0.15) is 23.5 Å². The minimum Gasteiger partial charge on any atom is -0.457 e. The summed E-state index contributed by atoms with van der Waals surface area (Å²) >= 11 is 6.69. The standard InChI is InChI=1S/C26H24ClFN2O3/c1-16-13-17(9-11-23(16)28)33-18-8-10-20(22(27)14-18)25-29-24-7-3-2-6-21(24)26(31)30(25)15-19-5-4-12-32-19/h2-3,6-11,13-14,19,25,29H,4-5,12,15H2,1H3. The smallest absolute Gasteiger partial charge is 0.257 e. The first kappa shape index (κ1) is 21.7. The van der Waals surface area contributed by atoms with Crippen LogP contribution in [0.2, 0.25) is 5.02 Å². The molecule has 7 heteroatoms. The van der Waals surface area contributed by atoms with Crippen LogP contribution in [0.25, 0.3) is 0 Å². The van der Waals surface area contributed by atoms with E-state index in [4.69, 9.17) is 21.1 Å². The number of nitrogens with zero attached hydrogens (tertiary/aromatic N) is 1. The molecule has 0 bridgehead atoms. The van der Waals surface area contributed by atoms with Crippen LogP contribution in [0.5, 0.6) is 11.5 Å². The van der Waals surface area contributed by atoms with Crippen molar-refractivity contribution in [2.24, 2.45) is 0 Å². The number of anilines is 1. The molecular formula is C26H24ClFN2O3. The van der Waals surface area contributed by atoms with Crippen LogP contribution in [-0.2, 0) is 4.74 Å². The summed E-state index contributed by atoms with van der Waals surface area (Å²) in [4.78, 5) is 15.2. The Kier molecular flexibility index (Phi) is 5.96. The quantitative estimate of drug-likeness (QED) is 0.477. The summed E-state index contributed by atoms with van der Waals surface area (Å²) < 4.78 is 25.2. The molecule has 5 nitrogen and oxygen atoms in total. The number of carbonyl (C=O) groups is 1. The van der Waals surface area contributed by atoms with Gasteiger partial charge in [-0.2, -0.15) is 0 Å². The number of aryl methyl sites for hydroxylation is 1. The molecule has 2 unspecified atom stereocenters. The van der Waals surface area contributed by atoms with Crippen molar-refractivity contribution in [3.05, 3.63) is 88.2 Å². The van der Waals surface area contributed by atoms with Crippen LogP contribution in [0, 0.1) is 12.7 Å². The number of benzene rings is 3. The molecule has 0 radical (unpaired) electrons. The third-order valence-electron chi connectivity index (χ3n) is 6.08. The summed E-state index contributed by atoms with van der Waals surface area (Å²) in [6.07, 6.45) is 1.49. The minimum absolute atomic E-state index is 0.00612. The van der Waals surface area contributed by atoms with Crippen molar-refractivity contribution < 1.29 is 18.7 Å². The van der Waals surface area contributed by atoms with Gasteiger partial charge < -0.3 is 19.7 Å². The topological polar surface area (TPSA) is 50.8 Å². The van der Waals surface area contributed by atoms with E-state index in [-0.39, 0.29) is 17.8 Å². The average molecular weight is 467 g/mol. The number of halogens is 2. The maximum Gasteiger partial charge on any atom is 0.257 e. The molecule has 3 aromatic carbocycles. The second kappa shape index (κ2) is 9.04. The van der Waals surface area contributed by atoms with Crippen molar-refractivity contribution >= 4 is 23.2 Å². The highest BCUT2D eigenvalue weighted by Gasteiger charge is 2.36.